The summed E-state index contributed by atoms with van der Waals surface area (Å²) in [4.78, 5) is 22.1. The number of tetrazole rings is 1. The third-order valence-corrected chi connectivity index (χ3v) is 4.56. The number of nitrogens with zero attached hydrogens (tertiary/aromatic N) is 5. The number of benzene rings is 2. The Kier molecular flexibility index (Phi) is 4.44. The minimum atomic E-state index is -0.705. The number of aromatic nitrogens is 4. The maximum Gasteiger partial charge on any atom is 0.275 e. The van der Waals surface area contributed by atoms with Gasteiger partial charge in [0.1, 0.15) is 0 Å². The van der Waals surface area contributed by atoms with Crippen LogP contribution in [0.5, 0.6) is 0 Å². The molecule has 1 heterocycles. The Hall–Kier alpha value is -3.82. The molecule has 3 aromatic rings. The first-order chi connectivity index (χ1) is 13.5. The number of nitrogens with one attached hydrogen (secondary N) is 1. The van der Waals surface area contributed by atoms with Gasteiger partial charge in [-0.25, -0.2) is 4.68 Å². The van der Waals surface area contributed by atoms with E-state index in [1.54, 1.807) is 0 Å². The van der Waals surface area contributed by atoms with Gasteiger partial charge in [0.25, 0.3) is 5.69 Å². The van der Waals surface area contributed by atoms with Crippen LogP contribution in [-0.4, -0.2) is 31.0 Å². The highest BCUT2D eigenvalue weighted by molar-refractivity contribution is 5.93. The second-order valence-electron chi connectivity index (χ2n) is 6.58. The molecule has 0 spiro atoms. The van der Waals surface area contributed by atoms with Gasteiger partial charge in [0, 0.05) is 35.0 Å². The Labute approximate surface area is 159 Å². The summed E-state index contributed by atoms with van der Waals surface area (Å²) in [5.74, 6) is -0.00774. The number of amides is 1. The van der Waals surface area contributed by atoms with Crippen LogP contribution in [0.25, 0.3) is 11.4 Å². The predicted molar refractivity (Wildman–Crippen MR) is 100 cm³/mol. The largest absolute Gasteiger partial charge is 0.381 e. The van der Waals surface area contributed by atoms with Crippen LogP contribution in [0.3, 0.4) is 0 Å². The summed E-state index contributed by atoms with van der Waals surface area (Å²) in [6.07, 6.45) is 2.14. The molecule has 10 heteroatoms. The summed E-state index contributed by atoms with van der Waals surface area (Å²) in [6.45, 7) is 0.215. The number of rotatable bonds is 7. The molecule has 0 unspecified atom stereocenters. The Morgan fingerprint density at radius 1 is 1.29 bits per heavy atom. The van der Waals surface area contributed by atoms with E-state index in [9.17, 15) is 14.9 Å². The van der Waals surface area contributed by atoms with E-state index in [0.29, 0.717) is 17.4 Å². The summed E-state index contributed by atoms with van der Waals surface area (Å²) in [5, 5.41) is 26.4. The number of primary amides is 1. The number of nitrogens with two attached hydrogens (primary N) is 1. The zero-order valence-electron chi connectivity index (χ0n) is 14.8. The second kappa shape index (κ2) is 7.06. The van der Waals surface area contributed by atoms with E-state index < -0.39 is 10.8 Å². The van der Waals surface area contributed by atoms with Crippen molar-refractivity contribution in [2.75, 3.05) is 5.32 Å². The summed E-state index contributed by atoms with van der Waals surface area (Å²) in [6, 6.07) is 12.1. The molecule has 142 valence electrons. The molecule has 10 nitrogen and oxygen atoms in total. The van der Waals surface area contributed by atoms with Gasteiger partial charge in [-0.05, 0) is 47.5 Å². The quantitative estimate of drug-likeness (QED) is 0.474. The van der Waals surface area contributed by atoms with E-state index in [1.807, 2.05) is 28.9 Å². The van der Waals surface area contributed by atoms with Crippen LogP contribution in [0, 0.1) is 10.1 Å². The fourth-order valence-corrected chi connectivity index (χ4v) is 2.95. The highest BCUT2D eigenvalue weighted by atomic mass is 16.6. The van der Waals surface area contributed by atoms with Crippen LogP contribution in [0.1, 0.15) is 34.8 Å². The van der Waals surface area contributed by atoms with E-state index in [1.165, 1.54) is 18.2 Å². The third kappa shape index (κ3) is 3.52. The summed E-state index contributed by atoms with van der Waals surface area (Å²) in [7, 11) is 0. The lowest BCUT2D eigenvalue weighted by atomic mass is 10.1. The van der Waals surface area contributed by atoms with Crippen molar-refractivity contribution >= 4 is 17.3 Å². The van der Waals surface area contributed by atoms with Gasteiger partial charge >= 0.3 is 0 Å². The average Bonchev–Trinajstić information content (AvgIpc) is 3.42. The maximum absolute atomic E-state index is 11.3. The summed E-state index contributed by atoms with van der Waals surface area (Å²) < 4.78 is 1.83. The molecule has 1 aromatic heterocycles. The van der Waals surface area contributed by atoms with Gasteiger partial charge in [-0.15, -0.1) is 5.10 Å². The minimum absolute atomic E-state index is 0.101. The zero-order chi connectivity index (χ0) is 19.7. The van der Waals surface area contributed by atoms with Crippen LogP contribution in [0.2, 0.25) is 0 Å². The molecular weight excluding hydrogens is 362 g/mol. The van der Waals surface area contributed by atoms with E-state index in [4.69, 9.17) is 5.73 Å². The molecule has 0 saturated heterocycles. The normalized spacial score (nSPS) is 13.3. The SMILES string of the molecule is NC(=O)c1ccc(CNc2cccc(-c3nnnn3C3CC3)c2)c([N+](=O)[O-])c1. The van der Waals surface area contributed by atoms with E-state index >= 15 is 0 Å². The van der Waals surface area contributed by atoms with Gasteiger partial charge in [0.15, 0.2) is 5.82 Å². The molecule has 1 aliphatic carbocycles. The van der Waals surface area contributed by atoms with Gasteiger partial charge in [0.2, 0.25) is 5.91 Å². The molecule has 1 fully saturated rings. The Bertz CT molecular complexity index is 1060. The van der Waals surface area contributed by atoms with Crippen molar-refractivity contribution in [3.8, 4) is 11.4 Å². The molecule has 3 N–H and O–H groups in total. The molecular formula is C18H17N7O3. The van der Waals surface area contributed by atoms with Crippen LogP contribution in [-0.2, 0) is 6.54 Å². The molecule has 0 radical (unpaired) electrons. The molecule has 1 aliphatic rings. The zero-order valence-corrected chi connectivity index (χ0v) is 14.8. The number of carbonyl (C=O) groups excluding carboxylic acids is 1. The molecule has 28 heavy (non-hydrogen) atoms. The summed E-state index contributed by atoms with van der Waals surface area (Å²) in [5.41, 5.74) is 7.23. The third-order valence-electron chi connectivity index (χ3n) is 4.56. The van der Waals surface area contributed by atoms with Crippen LogP contribution in [0.4, 0.5) is 11.4 Å². The number of hydrogen-bond donors (Lipinski definition) is 2. The highest BCUT2D eigenvalue weighted by Gasteiger charge is 2.28. The monoisotopic (exact) mass is 379 g/mol. The summed E-state index contributed by atoms with van der Waals surface area (Å²) >= 11 is 0. The number of nitro benzene ring substituents is 1. The first-order valence-electron chi connectivity index (χ1n) is 8.72. The first kappa shape index (κ1) is 17.6. The van der Waals surface area contributed by atoms with Gasteiger partial charge in [-0.3, -0.25) is 14.9 Å². The van der Waals surface area contributed by atoms with Gasteiger partial charge in [-0.2, -0.15) is 0 Å². The molecule has 1 amide bonds. The Balaban J connectivity index is 1.55. The smallest absolute Gasteiger partial charge is 0.275 e. The maximum atomic E-state index is 11.3. The molecule has 0 aliphatic heterocycles. The number of carbonyl (C=O) groups is 1. The molecule has 4 rings (SSSR count). The molecule has 1 saturated carbocycles. The molecule has 0 atom stereocenters. The Morgan fingerprint density at radius 3 is 2.82 bits per heavy atom. The van der Waals surface area contributed by atoms with E-state index in [-0.39, 0.29) is 17.8 Å². The topological polar surface area (TPSA) is 142 Å². The van der Waals surface area contributed by atoms with Crippen LogP contribution < -0.4 is 11.1 Å². The second-order valence-corrected chi connectivity index (χ2v) is 6.58. The Morgan fingerprint density at radius 2 is 2.11 bits per heavy atom. The van der Waals surface area contributed by atoms with Gasteiger partial charge < -0.3 is 11.1 Å². The highest BCUT2D eigenvalue weighted by Crippen LogP contribution is 2.36. The van der Waals surface area contributed by atoms with Crippen molar-refractivity contribution in [3.63, 3.8) is 0 Å². The molecule has 2 aromatic carbocycles. The predicted octanol–water partition coefficient (Wildman–Crippen LogP) is 2.29. The number of hydrogen-bond acceptors (Lipinski definition) is 7. The standard InChI is InChI=1S/C18H17N7O3/c19-17(26)11-4-5-13(16(9-11)25(27)28)10-20-14-3-1-2-12(8-14)18-21-22-23-24(18)15-6-7-15/h1-5,8-9,15,20H,6-7,10H2,(H2,19,26). The van der Waals surface area contributed by atoms with Crippen LogP contribution in [0.15, 0.2) is 42.5 Å². The minimum Gasteiger partial charge on any atom is -0.381 e. The number of anilines is 1. The van der Waals surface area contributed by atoms with Crippen LogP contribution >= 0.6 is 0 Å². The lowest BCUT2D eigenvalue weighted by molar-refractivity contribution is -0.385. The fraction of sp³-hybridized carbons (Fsp3) is 0.222. The lowest BCUT2D eigenvalue weighted by Gasteiger charge is -2.10. The van der Waals surface area contributed by atoms with E-state index in [2.05, 4.69) is 20.8 Å². The lowest BCUT2D eigenvalue weighted by Crippen LogP contribution is -2.12. The van der Waals surface area contributed by atoms with Gasteiger partial charge in [0.05, 0.1) is 11.0 Å². The number of nitro groups is 1. The van der Waals surface area contributed by atoms with Crippen molar-refractivity contribution < 1.29 is 9.72 Å². The van der Waals surface area contributed by atoms with E-state index in [0.717, 1.165) is 24.1 Å². The average molecular weight is 379 g/mol. The van der Waals surface area contributed by atoms with Crippen molar-refractivity contribution in [2.24, 2.45) is 5.73 Å². The van der Waals surface area contributed by atoms with Gasteiger partial charge in [-0.1, -0.05) is 12.1 Å². The fourth-order valence-electron chi connectivity index (χ4n) is 2.95. The first-order valence-corrected chi connectivity index (χ1v) is 8.72. The van der Waals surface area contributed by atoms with Crippen molar-refractivity contribution in [3.05, 3.63) is 63.7 Å². The van der Waals surface area contributed by atoms with Crippen molar-refractivity contribution in [1.29, 1.82) is 0 Å². The molecule has 0 bridgehead atoms. The van der Waals surface area contributed by atoms with Crippen molar-refractivity contribution in [2.45, 2.75) is 25.4 Å². The van der Waals surface area contributed by atoms with Crippen molar-refractivity contribution in [1.82, 2.24) is 20.2 Å².